The number of methoxy groups -OCH3 is 1. The highest BCUT2D eigenvalue weighted by atomic mass is 32.2. The minimum absolute atomic E-state index is 0.0125. The summed E-state index contributed by atoms with van der Waals surface area (Å²) in [6, 6.07) is 5.50. The molecule has 2 aliphatic heterocycles. The lowest BCUT2D eigenvalue weighted by atomic mass is 9.92. The van der Waals surface area contributed by atoms with Crippen molar-refractivity contribution in [2.75, 3.05) is 20.3 Å². The van der Waals surface area contributed by atoms with Gasteiger partial charge < -0.3 is 19.2 Å². The van der Waals surface area contributed by atoms with E-state index in [4.69, 9.17) is 14.2 Å². The minimum atomic E-state index is -2.65. The normalized spacial score (nSPS) is 22.8. The van der Waals surface area contributed by atoms with Crippen molar-refractivity contribution < 1.29 is 31.8 Å². The number of hydrogen-bond acceptors (Lipinski definition) is 9. The Balaban J connectivity index is 1.77. The molecule has 0 saturated carbocycles. The summed E-state index contributed by atoms with van der Waals surface area (Å²) in [5, 5.41) is 0. The van der Waals surface area contributed by atoms with Crippen molar-refractivity contribution in [2.45, 2.75) is 13.2 Å². The number of halogens is 1. The van der Waals surface area contributed by atoms with Gasteiger partial charge in [0.25, 0.3) is 0 Å². The van der Waals surface area contributed by atoms with Crippen LogP contribution in [-0.4, -0.2) is 61.5 Å². The van der Waals surface area contributed by atoms with E-state index in [9.17, 15) is 17.6 Å². The average Bonchev–Trinajstić information content (AvgIpc) is 3.24. The molecule has 2 aromatic rings. The maximum Gasteiger partial charge on any atom is 0.316 e. The van der Waals surface area contributed by atoms with E-state index in [2.05, 4.69) is 26.5 Å². The molecule has 0 unspecified atom stereocenters. The Bertz CT molecular complexity index is 1310. The van der Waals surface area contributed by atoms with Gasteiger partial charge >= 0.3 is 5.97 Å². The summed E-state index contributed by atoms with van der Waals surface area (Å²) in [7, 11) is -1.37. The summed E-state index contributed by atoms with van der Waals surface area (Å²) < 4.78 is 53.3. The van der Waals surface area contributed by atoms with Gasteiger partial charge in [0.05, 0.1) is 37.9 Å². The third kappa shape index (κ3) is 4.40. The van der Waals surface area contributed by atoms with Crippen molar-refractivity contribution in [2.24, 2.45) is 15.4 Å². The monoisotopic (exact) mass is 474 g/mol. The van der Waals surface area contributed by atoms with Crippen LogP contribution in [0.3, 0.4) is 0 Å². The molecule has 1 saturated heterocycles. The topological polar surface area (TPSA) is 132 Å². The van der Waals surface area contributed by atoms with Crippen molar-refractivity contribution in [1.82, 2.24) is 9.97 Å². The van der Waals surface area contributed by atoms with Crippen LogP contribution >= 0.6 is 0 Å². The van der Waals surface area contributed by atoms with Gasteiger partial charge in [0.2, 0.25) is 16.6 Å². The molecule has 0 spiro atoms. The van der Waals surface area contributed by atoms with E-state index < -0.39 is 33.8 Å². The smallest absolute Gasteiger partial charge is 0.316 e. The van der Waals surface area contributed by atoms with Crippen molar-refractivity contribution >= 4 is 33.1 Å². The average molecular weight is 474 g/mol. The van der Waals surface area contributed by atoms with E-state index in [1.807, 2.05) is 0 Å². The molecule has 10 nitrogen and oxygen atoms in total. The molecule has 172 valence electrons. The third-order valence-corrected chi connectivity index (χ3v) is 5.73. The Kier molecular flexibility index (Phi) is 6.06. The second kappa shape index (κ2) is 8.81. The largest absolute Gasteiger partial charge is 0.468 e. The van der Waals surface area contributed by atoms with Crippen LogP contribution in [0.25, 0.3) is 11.3 Å². The molecule has 2 aliphatic rings. The summed E-state index contributed by atoms with van der Waals surface area (Å²) in [5.74, 6) is -0.609. The predicted molar refractivity (Wildman–Crippen MR) is 117 cm³/mol. The number of carbonyl (C=O) groups is 1. The number of H-pyrrole nitrogens is 1. The number of rotatable bonds is 4. The van der Waals surface area contributed by atoms with E-state index in [0.29, 0.717) is 11.3 Å². The van der Waals surface area contributed by atoms with Crippen molar-refractivity contribution in [3.63, 3.8) is 0 Å². The predicted octanol–water partition coefficient (Wildman–Crippen LogP) is 1.84. The quantitative estimate of drug-likeness (QED) is 0.528. The molecule has 1 aromatic heterocycles. The van der Waals surface area contributed by atoms with Gasteiger partial charge in [-0.15, -0.1) is 0 Å². The van der Waals surface area contributed by atoms with Gasteiger partial charge in [-0.25, -0.2) is 19.4 Å². The lowest BCUT2D eigenvalue weighted by Crippen LogP contribution is -2.43. The second-order valence-electron chi connectivity index (χ2n) is 7.59. The minimum Gasteiger partial charge on any atom is -0.468 e. The molecule has 33 heavy (non-hydrogen) atoms. The molecular formula is C21H19FN4O6S. The molecule has 0 aliphatic carbocycles. The van der Waals surface area contributed by atoms with E-state index in [1.54, 1.807) is 6.92 Å². The molecule has 0 atom stereocenters. The lowest BCUT2D eigenvalue weighted by molar-refractivity contribution is -0.237. The van der Waals surface area contributed by atoms with E-state index >= 15 is 0 Å². The number of ether oxygens (including phenoxy) is 3. The Hall–Kier alpha value is -3.48. The Labute approximate surface area is 189 Å². The van der Waals surface area contributed by atoms with Crippen molar-refractivity contribution in [3.05, 3.63) is 54.0 Å². The summed E-state index contributed by atoms with van der Waals surface area (Å²) >= 11 is 0. The standard InChI is InChI=1S/C21H19FN4O6S/c1-11-23-8-14(33(28)29)16(24-11)17-15(12-4-6-13(22)7-5-12)25-18(26-17)19-31-9-21(2,10-32-19)20(27)30-3/h4-8,19H,1,9-10H2,2-3H3,(H,25,26). The fraction of sp³-hybridized carbons (Fsp3) is 0.286. The van der Waals surface area contributed by atoms with Crippen LogP contribution < -0.4 is 0 Å². The zero-order chi connectivity index (χ0) is 23.8. The molecule has 3 heterocycles. The summed E-state index contributed by atoms with van der Waals surface area (Å²) in [4.78, 5) is 27.4. The van der Waals surface area contributed by atoms with Crippen molar-refractivity contribution in [1.29, 1.82) is 0 Å². The fourth-order valence-electron chi connectivity index (χ4n) is 3.33. The third-order valence-electron chi connectivity index (χ3n) is 5.07. The Morgan fingerprint density at radius 1 is 1.27 bits per heavy atom. The van der Waals surface area contributed by atoms with Gasteiger partial charge in [-0.2, -0.15) is 8.42 Å². The zero-order valence-corrected chi connectivity index (χ0v) is 18.5. The molecule has 0 radical (unpaired) electrons. The van der Waals surface area contributed by atoms with Gasteiger partial charge in [0, 0.05) is 5.56 Å². The van der Waals surface area contributed by atoms with Crippen LogP contribution in [-0.2, 0) is 29.3 Å². The molecule has 0 bridgehead atoms. The van der Waals surface area contributed by atoms with Gasteiger partial charge in [0.15, 0.2) is 5.82 Å². The maximum atomic E-state index is 13.5. The maximum absolute atomic E-state index is 13.5. The zero-order valence-electron chi connectivity index (χ0n) is 17.7. The first-order valence-electron chi connectivity index (χ1n) is 9.68. The number of nitrogens with one attached hydrogen (secondary N) is 1. The fourth-order valence-corrected chi connectivity index (χ4v) is 3.78. The molecular weight excluding hydrogens is 455 g/mol. The number of carbonyl (C=O) groups excluding carboxylic acids is 1. The van der Waals surface area contributed by atoms with Gasteiger partial charge in [-0.05, 0) is 31.2 Å². The molecule has 1 N–H and O–H groups in total. The van der Waals surface area contributed by atoms with E-state index in [1.165, 1.54) is 31.4 Å². The van der Waals surface area contributed by atoms with Crippen LogP contribution in [0.5, 0.6) is 0 Å². The van der Waals surface area contributed by atoms with Crippen LogP contribution in [0.1, 0.15) is 24.7 Å². The lowest BCUT2D eigenvalue weighted by Gasteiger charge is -2.34. The first-order chi connectivity index (χ1) is 15.7. The number of nitrogens with zero attached hydrogens (tertiary/aromatic N) is 3. The second-order valence-corrected chi connectivity index (χ2v) is 8.50. The first-order valence-corrected chi connectivity index (χ1v) is 10.8. The highest BCUT2D eigenvalue weighted by molar-refractivity contribution is 7.76. The van der Waals surface area contributed by atoms with Crippen LogP contribution in [0.2, 0.25) is 0 Å². The number of benzene rings is 1. The molecule has 0 amide bonds. The highest BCUT2D eigenvalue weighted by Crippen LogP contribution is 2.34. The number of aliphatic imine (C=N–C) groups is 2. The molecule has 4 rings (SSSR count). The summed E-state index contributed by atoms with van der Waals surface area (Å²) in [5.41, 5.74) is 0.0789. The summed E-state index contributed by atoms with van der Waals surface area (Å²) in [6.45, 7) is 5.33. The van der Waals surface area contributed by atoms with E-state index in [0.717, 1.165) is 6.21 Å². The highest BCUT2D eigenvalue weighted by Gasteiger charge is 2.42. The molecule has 12 heteroatoms. The van der Waals surface area contributed by atoms with E-state index in [-0.39, 0.29) is 41.1 Å². The number of hydrogen-bond donors (Lipinski definition) is 1. The van der Waals surface area contributed by atoms with Gasteiger partial charge in [-0.3, -0.25) is 4.79 Å². The molecule has 1 aromatic carbocycles. The van der Waals surface area contributed by atoms with Crippen LogP contribution in [0, 0.1) is 11.2 Å². The Morgan fingerprint density at radius 3 is 2.55 bits per heavy atom. The number of aromatic amines is 1. The SMILES string of the molecule is C=C1N=CC(=S(=O)=O)C(c2[nH]c(C3OCC(C)(C(=O)OC)CO3)nc2-c2ccc(F)cc2)=N1. The summed E-state index contributed by atoms with van der Waals surface area (Å²) in [6.07, 6.45) is 0.163. The first kappa shape index (κ1) is 22.7. The number of esters is 1. The van der Waals surface area contributed by atoms with Gasteiger partial charge in [-0.1, -0.05) is 6.58 Å². The van der Waals surface area contributed by atoms with Crippen molar-refractivity contribution in [3.8, 4) is 11.3 Å². The van der Waals surface area contributed by atoms with Gasteiger partial charge in [0.1, 0.15) is 27.6 Å². The number of imidazole rings is 1. The van der Waals surface area contributed by atoms with Crippen LogP contribution in [0.15, 0.2) is 46.7 Å². The molecule has 1 fully saturated rings. The number of aromatic nitrogens is 2. The Morgan fingerprint density at radius 2 is 1.94 bits per heavy atom. The van der Waals surface area contributed by atoms with Crippen LogP contribution in [0.4, 0.5) is 4.39 Å².